The van der Waals surface area contributed by atoms with Gasteiger partial charge in [-0.3, -0.25) is 0 Å². The molecule has 0 bridgehead atoms. The predicted octanol–water partition coefficient (Wildman–Crippen LogP) is 4.36. The van der Waals surface area contributed by atoms with E-state index in [0.717, 1.165) is 6.42 Å². The highest BCUT2D eigenvalue weighted by molar-refractivity contribution is 5.76. The summed E-state index contributed by atoms with van der Waals surface area (Å²) in [6.45, 7) is 0. The van der Waals surface area contributed by atoms with Gasteiger partial charge in [-0.15, -0.1) is 0 Å². The number of rotatable bonds is 0. The Hall–Kier alpha value is -2.74. The minimum Gasteiger partial charge on any atom is -0.508 e. The van der Waals surface area contributed by atoms with Gasteiger partial charge in [0.25, 0.3) is 0 Å². The molecule has 0 unspecified atom stereocenters. The lowest BCUT2D eigenvalue weighted by molar-refractivity contribution is 0.460. The number of aromatic hydroxyl groups is 2. The molecule has 4 rings (SSSR count). The first-order valence-corrected chi connectivity index (χ1v) is 6.88. The van der Waals surface area contributed by atoms with Gasteiger partial charge >= 0.3 is 0 Å². The molecule has 0 aromatic heterocycles. The van der Waals surface area contributed by atoms with Crippen LogP contribution in [0.1, 0.15) is 11.1 Å². The first-order chi connectivity index (χ1) is 10.2. The van der Waals surface area contributed by atoms with E-state index in [2.05, 4.69) is 48.5 Å². The molecule has 0 amide bonds. The van der Waals surface area contributed by atoms with Gasteiger partial charge in [0.15, 0.2) is 0 Å². The van der Waals surface area contributed by atoms with Crippen LogP contribution in [0.2, 0.25) is 0 Å². The Kier molecular flexibility index (Phi) is 3.61. The molecule has 1 aliphatic rings. The summed E-state index contributed by atoms with van der Waals surface area (Å²) in [6.07, 6.45) is 1.10. The molecule has 21 heavy (non-hydrogen) atoms. The number of hydrogen-bond acceptors (Lipinski definition) is 2. The molecule has 104 valence electrons. The second-order valence-corrected chi connectivity index (χ2v) is 5.01. The zero-order valence-electron chi connectivity index (χ0n) is 11.5. The van der Waals surface area contributed by atoms with E-state index in [-0.39, 0.29) is 11.5 Å². The van der Waals surface area contributed by atoms with Gasteiger partial charge in [-0.2, -0.15) is 0 Å². The third-order valence-corrected chi connectivity index (χ3v) is 3.56. The summed E-state index contributed by atoms with van der Waals surface area (Å²) in [7, 11) is 0. The molecule has 0 radical (unpaired) electrons. The molecule has 2 heteroatoms. The van der Waals surface area contributed by atoms with Crippen molar-refractivity contribution in [1.29, 1.82) is 0 Å². The van der Waals surface area contributed by atoms with E-state index in [4.69, 9.17) is 10.2 Å². The monoisotopic (exact) mass is 276 g/mol. The number of phenols is 2. The summed E-state index contributed by atoms with van der Waals surface area (Å²) in [6, 6.07) is 23.0. The minimum atomic E-state index is 0.169. The molecular weight excluding hydrogens is 260 g/mol. The molecule has 3 aromatic carbocycles. The van der Waals surface area contributed by atoms with Crippen LogP contribution >= 0.6 is 0 Å². The fraction of sp³-hybridized carbons (Fsp3) is 0.0526. The summed E-state index contributed by atoms with van der Waals surface area (Å²) < 4.78 is 0. The minimum absolute atomic E-state index is 0.169. The third kappa shape index (κ3) is 2.90. The van der Waals surface area contributed by atoms with Crippen LogP contribution in [0, 0.1) is 0 Å². The van der Waals surface area contributed by atoms with Gasteiger partial charge in [0.05, 0.1) is 0 Å². The molecule has 1 aliphatic carbocycles. The normalized spacial score (nSPS) is 11.0. The second-order valence-electron chi connectivity index (χ2n) is 5.01. The number of phenolic OH excluding ortho intramolecular Hbond substituents is 2. The van der Waals surface area contributed by atoms with E-state index < -0.39 is 0 Å². The lowest BCUT2D eigenvalue weighted by atomic mass is 10.1. The largest absolute Gasteiger partial charge is 0.508 e. The van der Waals surface area contributed by atoms with Crippen molar-refractivity contribution < 1.29 is 10.2 Å². The topological polar surface area (TPSA) is 40.5 Å². The Balaban J connectivity index is 0.000000143. The Bertz CT molecular complexity index is 681. The average molecular weight is 276 g/mol. The van der Waals surface area contributed by atoms with Gasteiger partial charge in [0.1, 0.15) is 11.5 Å². The number of fused-ring (bicyclic) bond motifs is 3. The highest BCUT2D eigenvalue weighted by Crippen LogP contribution is 2.35. The van der Waals surface area contributed by atoms with E-state index in [9.17, 15) is 0 Å². The summed E-state index contributed by atoms with van der Waals surface area (Å²) in [4.78, 5) is 0. The summed E-state index contributed by atoms with van der Waals surface area (Å²) in [5, 5.41) is 17.3. The highest BCUT2D eigenvalue weighted by atomic mass is 16.3. The van der Waals surface area contributed by atoms with Crippen molar-refractivity contribution in [3.8, 4) is 22.6 Å². The SMILES string of the molecule is Oc1ccc(O)cc1.c1ccc2c(c1)Cc1ccccc1-2. The molecule has 0 spiro atoms. The smallest absolute Gasteiger partial charge is 0.115 e. The second kappa shape index (κ2) is 5.71. The standard InChI is InChI=1S/C13H10.C6H6O2/c1-3-7-12-10(5-1)9-11-6-2-4-8-13(11)12;7-5-1-2-6(8)4-3-5/h1-8H,9H2;1-4,7-8H. The van der Waals surface area contributed by atoms with Gasteiger partial charge in [0.2, 0.25) is 0 Å². The van der Waals surface area contributed by atoms with Gasteiger partial charge in [-0.1, -0.05) is 48.5 Å². The quantitative estimate of drug-likeness (QED) is 0.469. The summed E-state index contributed by atoms with van der Waals surface area (Å²) in [5.41, 5.74) is 5.75. The Labute approximate surface area is 123 Å². The molecule has 0 fully saturated rings. The fourth-order valence-corrected chi connectivity index (χ4v) is 2.53. The first-order valence-electron chi connectivity index (χ1n) is 6.88. The van der Waals surface area contributed by atoms with Crippen LogP contribution in [0.3, 0.4) is 0 Å². The van der Waals surface area contributed by atoms with Crippen LogP contribution in [-0.2, 0) is 6.42 Å². The van der Waals surface area contributed by atoms with Gasteiger partial charge in [-0.25, -0.2) is 0 Å². The number of hydrogen-bond donors (Lipinski definition) is 2. The van der Waals surface area contributed by atoms with Crippen LogP contribution in [0.4, 0.5) is 0 Å². The highest BCUT2D eigenvalue weighted by Gasteiger charge is 2.15. The first kappa shape index (κ1) is 13.3. The van der Waals surface area contributed by atoms with Crippen LogP contribution in [0.25, 0.3) is 11.1 Å². The van der Waals surface area contributed by atoms with Crippen LogP contribution < -0.4 is 0 Å². The summed E-state index contributed by atoms with van der Waals surface area (Å²) >= 11 is 0. The molecule has 0 heterocycles. The number of benzene rings is 3. The van der Waals surface area contributed by atoms with Crippen LogP contribution in [0.5, 0.6) is 11.5 Å². The molecule has 2 N–H and O–H groups in total. The van der Waals surface area contributed by atoms with Gasteiger partial charge in [-0.05, 0) is 52.9 Å². The summed E-state index contributed by atoms with van der Waals surface area (Å²) in [5.74, 6) is 0.339. The lowest BCUT2D eigenvalue weighted by Gasteiger charge is -1.98. The molecule has 2 nitrogen and oxygen atoms in total. The van der Waals surface area contributed by atoms with E-state index in [1.807, 2.05) is 0 Å². The molecule has 0 atom stereocenters. The fourth-order valence-electron chi connectivity index (χ4n) is 2.53. The maximum atomic E-state index is 8.65. The zero-order chi connectivity index (χ0) is 14.7. The Morgan fingerprint density at radius 1 is 0.524 bits per heavy atom. The average Bonchev–Trinajstić information content (AvgIpc) is 2.90. The maximum absolute atomic E-state index is 8.65. The van der Waals surface area contributed by atoms with Crippen molar-refractivity contribution in [2.24, 2.45) is 0 Å². The molecule has 0 saturated carbocycles. The van der Waals surface area contributed by atoms with E-state index >= 15 is 0 Å². The van der Waals surface area contributed by atoms with Crippen molar-refractivity contribution in [2.45, 2.75) is 6.42 Å². The van der Waals surface area contributed by atoms with Gasteiger partial charge in [0, 0.05) is 0 Å². The Morgan fingerprint density at radius 3 is 1.33 bits per heavy atom. The lowest BCUT2D eigenvalue weighted by Crippen LogP contribution is -1.77. The molecule has 3 aromatic rings. The van der Waals surface area contributed by atoms with E-state index in [0.29, 0.717) is 0 Å². The van der Waals surface area contributed by atoms with Crippen LogP contribution in [0.15, 0.2) is 72.8 Å². The van der Waals surface area contributed by atoms with Crippen molar-refractivity contribution in [2.75, 3.05) is 0 Å². The van der Waals surface area contributed by atoms with Crippen molar-refractivity contribution in [1.82, 2.24) is 0 Å². The molecular formula is C19H16O2. The van der Waals surface area contributed by atoms with Crippen LogP contribution in [-0.4, -0.2) is 10.2 Å². The Morgan fingerprint density at radius 2 is 0.905 bits per heavy atom. The van der Waals surface area contributed by atoms with Crippen molar-refractivity contribution >= 4 is 0 Å². The molecule has 0 aliphatic heterocycles. The van der Waals surface area contributed by atoms with E-state index in [1.165, 1.54) is 46.5 Å². The maximum Gasteiger partial charge on any atom is 0.115 e. The predicted molar refractivity (Wildman–Crippen MR) is 84.5 cm³/mol. The van der Waals surface area contributed by atoms with Gasteiger partial charge < -0.3 is 10.2 Å². The zero-order valence-corrected chi connectivity index (χ0v) is 11.5. The molecule has 0 saturated heterocycles. The van der Waals surface area contributed by atoms with Crippen molar-refractivity contribution in [3.05, 3.63) is 83.9 Å². The van der Waals surface area contributed by atoms with Crippen molar-refractivity contribution in [3.63, 3.8) is 0 Å². The third-order valence-electron chi connectivity index (χ3n) is 3.56. The van der Waals surface area contributed by atoms with E-state index in [1.54, 1.807) is 0 Å².